The molecule has 1 saturated carbocycles. The molecule has 1 aliphatic carbocycles. The summed E-state index contributed by atoms with van der Waals surface area (Å²) >= 11 is 1.53. The summed E-state index contributed by atoms with van der Waals surface area (Å²) in [6.45, 7) is 4.33. The first kappa shape index (κ1) is 16.5. The maximum Gasteiger partial charge on any atom is 0.246 e. The second-order valence-electron chi connectivity index (χ2n) is 7.00. The van der Waals surface area contributed by atoms with Gasteiger partial charge in [-0.25, -0.2) is 4.98 Å². The summed E-state index contributed by atoms with van der Waals surface area (Å²) in [6.07, 6.45) is 5.46. The summed E-state index contributed by atoms with van der Waals surface area (Å²) in [6, 6.07) is 2.33. The lowest BCUT2D eigenvalue weighted by Crippen LogP contribution is -2.58. The van der Waals surface area contributed by atoms with Gasteiger partial charge in [0.2, 0.25) is 5.91 Å². The van der Waals surface area contributed by atoms with E-state index in [-0.39, 0.29) is 5.91 Å². The van der Waals surface area contributed by atoms with Crippen LogP contribution in [0, 0.1) is 6.92 Å². The molecule has 134 valence electrons. The van der Waals surface area contributed by atoms with Crippen LogP contribution in [0.4, 0.5) is 5.13 Å². The Morgan fingerprint density at radius 2 is 2.24 bits per heavy atom. The van der Waals surface area contributed by atoms with Crippen LogP contribution in [0.3, 0.4) is 0 Å². The fourth-order valence-electron chi connectivity index (χ4n) is 3.26. The number of aryl methyl sites for hydroxylation is 1. The zero-order valence-corrected chi connectivity index (χ0v) is 15.1. The van der Waals surface area contributed by atoms with E-state index in [2.05, 4.69) is 25.7 Å². The van der Waals surface area contributed by atoms with Crippen molar-refractivity contribution in [2.45, 2.75) is 50.7 Å². The van der Waals surface area contributed by atoms with Crippen molar-refractivity contribution in [1.82, 2.24) is 20.4 Å². The van der Waals surface area contributed by atoms with Gasteiger partial charge in [-0.2, -0.15) is 0 Å². The van der Waals surface area contributed by atoms with Crippen molar-refractivity contribution in [1.29, 1.82) is 0 Å². The maximum absolute atomic E-state index is 12.9. The fourth-order valence-corrected chi connectivity index (χ4v) is 3.89. The number of nitrogens with one attached hydrogen (secondary N) is 2. The predicted octanol–water partition coefficient (Wildman–Crippen LogP) is 2.16. The highest BCUT2D eigenvalue weighted by Gasteiger charge is 2.43. The molecule has 0 radical (unpaired) electrons. The Balaban J connectivity index is 1.43. The lowest BCUT2D eigenvalue weighted by molar-refractivity contribution is -0.127. The van der Waals surface area contributed by atoms with Gasteiger partial charge in [0.1, 0.15) is 11.3 Å². The van der Waals surface area contributed by atoms with Crippen molar-refractivity contribution in [3.8, 4) is 0 Å². The number of rotatable bonds is 6. The molecule has 0 atom stereocenters. The van der Waals surface area contributed by atoms with Gasteiger partial charge in [-0.1, -0.05) is 5.16 Å². The highest BCUT2D eigenvalue weighted by atomic mass is 32.1. The molecule has 8 heteroatoms. The number of anilines is 1. The van der Waals surface area contributed by atoms with Crippen LogP contribution in [0.25, 0.3) is 0 Å². The van der Waals surface area contributed by atoms with Gasteiger partial charge in [0, 0.05) is 43.3 Å². The lowest BCUT2D eigenvalue weighted by Gasteiger charge is -2.40. The first-order valence-corrected chi connectivity index (χ1v) is 9.64. The molecule has 2 aliphatic rings. The molecule has 4 rings (SSSR count). The van der Waals surface area contributed by atoms with Crippen LogP contribution < -0.4 is 10.6 Å². The molecular formula is C17H23N5O2S. The van der Waals surface area contributed by atoms with E-state index in [0.29, 0.717) is 6.04 Å². The van der Waals surface area contributed by atoms with Gasteiger partial charge in [0.15, 0.2) is 5.13 Å². The Morgan fingerprint density at radius 3 is 2.84 bits per heavy atom. The third-order valence-corrected chi connectivity index (χ3v) is 5.59. The molecule has 1 saturated heterocycles. The van der Waals surface area contributed by atoms with Gasteiger partial charge < -0.3 is 15.2 Å². The minimum Gasteiger partial charge on any atom is -0.361 e. The lowest BCUT2D eigenvalue weighted by atomic mass is 9.86. The largest absolute Gasteiger partial charge is 0.361 e. The third kappa shape index (κ3) is 3.85. The second kappa shape index (κ2) is 6.76. The summed E-state index contributed by atoms with van der Waals surface area (Å²) in [4.78, 5) is 19.6. The molecule has 0 unspecified atom stereocenters. The molecule has 2 fully saturated rings. The zero-order valence-electron chi connectivity index (χ0n) is 14.3. The van der Waals surface area contributed by atoms with Gasteiger partial charge in [0.25, 0.3) is 0 Å². The van der Waals surface area contributed by atoms with Gasteiger partial charge in [-0.15, -0.1) is 11.3 Å². The average Bonchev–Trinajstić information content (AvgIpc) is 3.09. The van der Waals surface area contributed by atoms with E-state index in [1.54, 1.807) is 6.20 Å². The van der Waals surface area contributed by atoms with Crippen molar-refractivity contribution >= 4 is 22.4 Å². The smallest absolute Gasteiger partial charge is 0.246 e. The number of nitrogens with zero attached hydrogens (tertiary/aromatic N) is 3. The van der Waals surface area contributed by atoms with E-state index < -0.39 is 5.54 Å². The van der Waals surface area contributed by atoms with Crippen molar-refractivity contribution in [2.75, 3.05) is 18.4 Å². The Labute approximate surface area is 150 Å². The van der Waals surface area contributed by atoms with E-state index in [1.165, 1.54) is 11.3 Å². The normalized spacial score (nSPS) is 20.4. The summed E-state index contributed by atoms with van der Waals surface area (Å²) < 4.78 is 5.15. The number of amides is 1. The second-order valence-corrected chi connectivity index (χ2v) is 7.89. The van der Waals surface area contributed by atoms with Crippen LogP contribution in [0.2, 0.25) is 0 Å². The summed E-state index contributed by atoms with van der Waals surface area (Å²) in [5.74, 6) is 0.942. The number of thiazole rings is 1. The van der Waals surface area contributed by atoms with Crippen molar-refractivity contribution < 1.29 is 9.32 Å². The van der Waals surface area contributed by atoms with Gasteiger partial charge in [-0.05, 0) is 32.6 Å². The number of aromatic nitrogens is 2. The molecule has 25 heavy (non-hydrogen) atoms. The Kier molecular flexibility index (Phi) is 4.47. The van der Waals surface area contributed by atoms with E-state index in [9.17, 15) is 4.79 Å². The fraction of sp³-hybridized carbons (Fsp3) is 0.588. The zero-order chi connectivity index (χ0) is 17.3. The van der Waals surface area contributed by atoms with Crippen LogP contribution in [-0.4, -0.2) is 45.6 Å². The van der Waals surface area contributed by atoms with E-state index >= 15 is 0 Å². The van der Waals surface area contributed by atoms with Crippen LogP contribution in [0.1, 0.15) is 37.1 Å². The van der Waals surface area contributed by atoms with E-state index in [4.69, 9.17) is 4.52 Å². The number of hydrogen-bond acceptors (Lipinski definition) is 7. The van der Waals surface area contributed by atoms with Crippen molar-refractivity contribution in [3.63, 3.8) is 0 Å². The monoisotopic (exact) mass is 361 g/mol. The van der Waals surface area contributed by atoms with E-state index in [0.717, 1.165) is 61.9 Å². The van der Waals surface area contributed by atoms with Crippen molar-refractivity contribution in [2.24, 2.45) is 0 Å². The average molecular weight is 361 g/mol. The van der Waals surface area contributed by atoms with Gasteiger partial charge in [-0.3, -0.25) is 9.69 Å². The molecule has 3 heterocycles. The van der Waals surface area contributed by atoms with Crippen LogP contribution in [0.15, 0.2) is 22.2 Å². The summed E-state index contributed by atoms with van der Waals surface area (Å²) in [5.41, 5.74) is 0.372. The molecule has 2 aromatic rings. The quantitative estimate of drug-likeness (QED) is 0.820. The molecule has 0 bridgehead atoms. The number of hydrogen-bond donors (Lipinski definition) is 2. The maximum atomic E-state index is 12.9. The number of piperidine rings is 1. The molecule has 2 N–H and O–H groups in total. The number of likely N-dealkylation sites (tertiary alicyclic amines) is 1. The Hall–Kier alpha value is -1.93. The third-order valence-electron chi connectivity index (χ3n) is 4.90. The standard InChI is InChI=1S/C17H23N5O2S/c1-12-10-14(21-24-12)11-22-7-4-17(5-8-22,15(23)19-13-2-3-13)20-16-18-6-9-25-16/h6,9-10,13H,2-5,7-8,11H2,1H3,(H,18,20)(H,19,23). The van der Waals surface area contributed by atoms with Crippen LogP contribution in [-0.2, 0) is 11.3 Å². The molecule has 1 amide bonds. The summed E-state index contributed by atoms with van der Waals surface area (Å²) in [7, 11) is 0. The Morgan fingerprint density at radius 1 is 1.44 bits per heavy atom. The summed E-state index contributed by atoms with van der Waals surface area (Å²) in [5, 5.41) is 13.4. The van der Waals surface area contributed by atoms with E-state index in [1.807, 2.05) is 18.4 Å². The minimum absolute atomic E-state index is 0.113. The first-order chi connectivity index (χ1) is 12.1. The SMILES string of the molecule is Cc1cc(CN2CCC(Nc3nccs3)(C(=O)NC3CC3)CC2)no1. The molecular weight excluding hydrogens is 338 g/mol. The highest BCUT2D eigenvalue weighted by molar-refractivity contribution is 7.13. The van der Waals surface area contributed by atoms with Crippen LogP contribution >= 0.6 is 11.3 Å². The minimum atomic E-state index is -0.573. The Bertz CT molecular complexity index is 717. The molecule has 7 nitrogen and oxygen atoms in total. The topological polar surface area (TPSA) is 83.3 Å². The van der Waals surface area contributed by atoms with Crippen molar-refractivity contribution in [3.05, 3.63) is 29.1 Å². The molecule has 1 aliphatic heterocycles. The van der Waals surface area contributed by atoms with Gasteiger partial charge >= 0.3 is 0 Å². The first-order valence-electron chi connectivity index (χ1n) is 8.76. The molecule has 2 aromatic heterocycles. The molecule has 0 spiro atoms. The predicted molar refractivity (Wildman–Crippen MR) is 95.4 cm³/mol. The number of carbonyl (C=O) groups is 1. The number of carbonyl (C=O) groups excluding carboxylic acids is 1. The molecule has 0 aromatic carbocycles. The van der Waals surface area contributed by atoms with Gasteiger partial charge in [0.05, 0.1) is 5.69 Å². The highest BCUT2D eigenvalue weighted by Crippen LogP contribution is 2.30. The van der Waals surface area contributed by atoms with Crippen LogP contribution in [0.5, 0.6) is 0 Å².